The molecule has 0 heterocycles. The number of aliphatic carboxylic acids is 1. The molecule has 0 spiro atoms. The standard InChI is InChI=1S/C40H70O4/c1-3-5-7-9-11-13-14-15-16-17-18-19-20-21-22-24-26-28-33-37-40(43)44-38(35-31-29-32-36-39(41)42)34-30-27-25-23-12-10-8-6-4-2/h11,13,15-16,18-19,21-22,38H,3-10,12,14,17,20,23-37H2,1-2H3,(H,41,42)/b13-11-,16-15-,19-18-,22-21-. The third kappa shape index (κ3) is 34.4. The number of carboxylic acid groups (broad SMARTS) is 1. The molecule has 0 aliphatic carbocycles. The number of rotatable bonds is 33. The highest BCUT2D eigenvalue weighted by Gasteiger charge is 2.14. The van der Waals surface area contributed by atoms with Crippen molar-refractivity contribution in [3.8, 4) is 0 Å². The van der Waals surface area contributed by atoms with E-state index in [-0.39, 0.29) is 18.5 Å². The van der Waals surface area contributed by atoms with E-state index in [1.54, 1.807) is 0 Å². The van der Waals surface area contributed by atoms with Gasteiger partial charge >= 0.3 is 11.9 Å². The first-order valence-corrected chi connectivity index (χ1v) is 18.6. The van der Waals surface area contributed by atoms with Gasteiger partial charge < -0.3 is 9.84 Å². The Morgan fingerprint density at radius 1 is 0.500 bits per heavy atom. The zero-order valence-corrected chi connectivity index (χ0v) is 29.0. The van der Waals surface area contributed by atoms with E-state index in [4.69, 9.17) is 9.84 Å². The Morgan fingerprint density at radius 2 is 0.886 bits per heavy atom. The minimum absolute atomic E-state index is 0.0134. The Labute approximate surface area is 272 Å². The molecule has 0 aliphatic rings. The second-order valence-electron chi connectivity index (χ2n) is 12.4. The maximum Gasteiger partial charge on any atom is 0.306 e. The van der Waals surface area contributed by atoms with Crippen molar-refractivity contribution < 1.29 is 19.4 Å². The van der Waals surface area contributed by atoms with Crippen molar-refractivity contribution in [2.75, 3.05) is 0 Å². The van der Waals surface area contributed by atoms with Crippen LogP contribution in [0.5, 0.6) is 0 Å². The van der Waals surface area contributed by atoms with Crippen LogP contribution in [0.4, 0.5) is 0 Å². The molecule has 44 heavy (non-hydrogen) atoms. The molecule has 0 saturated heterocycles. The lowest BCUT2D eigenvalue weighted by molar-refractivity contribution is -0.150. The van der Waals surface area contributed by atoms with Crippen LogP contribution in [0.25, 0.3) is 0 Å². The summed E-state index contributed by atoms with van der Waals surface area (Å²) in [5, 5.41) is 8.86. The lowest BCUT2D eigenvalue weighted by atomic mass is 10.0. The van der Waals surface area contributed by atoms with Gasteiger partial charge in [0.2, 0.25) is 0 Å². The van der Waals surface area contributed by atoms with Crippen LogP contribution in [0.3, 0.4) is 0 Å². The van der Waals surface area contributed by atoms with Gasteiger partial charge in [0.1, 0.15) is 6.10 Å². The lowest BCUT2D eigenvalue weighted by Crippen LogP contribution is -2.18. The van der Waals surface area contributed by atoms with E-state index >= 15 is 0 Å². The highest BCUT2D eigenvalue weighted by molar-refractivity contribution is 5.69. The van der Waals surface area contributed by atoms with Gasteiger partial charge in [-0.1, -0.05) is 140 Å². The molecule has 0 rings (SSSR count). The quantitative estimate of drug-likeness (QED) is 0.0454. The van der Waals surface area contributed by atoms with E-state index in [0.29, 0.717) is 12.8 Å². The van der Waals surface area contributed by atoms with Gasteiger partial charge in [0.25, 0.3) is 0 Å². The lowest BCUT2D eigenvalue weighted by Gasteiger charge is -2.18. The highest BCUT2D eigenvalue weighted by atomic mass is 16.5. The fourth-order valence-electron chi connectivity index (χ4n) is 5.28. The molecule has 0 radical (unpaired) electrons. The molecule has 0 aromatic heterocycles. The van der Waals surface area contributed by atoms with Crippen LogP contribution < -0.4 is 0 Å². The van der Waals surface area contributed by atoms with Gasteiger partial charge in [-0.15, -0.1) is 0 Å². The normalized spacial score (nSPS) is 12.8. The number of esters is 1. The van der Waals surface area contributed by atoms with Crippen LogP contribution in [0.2, 0.25) is 0 Å². The molecular formula is C40H70O4. The van der Waals surface area contributed by atoms with E-state index in [1.165, 1.54) is 77.0 Å². The van der Waals surface area contributed by atoms with Crippen LogP contribution in [0.15, 0.2) is 48.6 Å². The van der Waals surface area contributed by atoms with E-state index in [9.17, 15) is 9.59 Å². The molecular weight excluding hydrogens is 544 g/mol. The first-order valence-electron chi connectivity index (χ1n) is 18.6. The maximum absolute atomic E-state index is 12.5. The van der Waals surface area contributed by atoms with Crippen molar-refractivity contribution >= 4 is 11.9 Å². The van der Waals surface area contributed by atoms with Gasteiger partial charge in [-0.3, -0.25) is 9.59 Å². The Kier molecular flexibility index (Phi) is 33.7. The second kappa shape index (κ2) is 35.4. The Morgan fingerprint density at radius 3 is 1.41 bits per heavy atom. The van der Waals surface area contributed by atoms with Crippen LogP contribution in [-0.4, -0.2) is 23.1 Å². The van der Waals surface area contributed by atoms with Gasteiger partial charge in [0.05, 0.1) is 0 Å². The summed E-state index contributed by atoms with van der Waals surface area (Å²) in [6, 6.07) is 0. The summed E-state index contributed by atoms with van der Waals surface area (Å²) in [6.45, 7) is 4.50. The van der Waals surface area contributed by atoms with Crippen LogP contribution >= 0.6 is 0 Å². The number of hydrogen-bond acceptors (Lipinski definition) is 3. The van der Waals surface area contributed by atoms with Crippen molar-refractivity contribution in [1.29, 1.82) is 0 Å². The molecule has 1 unspecified atom stereocenters. The zero-order chi connectivity index (χ0) is 32.2. The number of allylic oxidation sites excluding steroid dienone is 8. The summed E-state index contributed by atoms with van der Waals surface area (Å²) in [4.78, 5) is 23.3. The second-order valence-corrected chi connectivity index (χ2v) is 12.4. The Bertz CT molecular complexity index is 748. The van der Waals surface area contributed by atoms with Crippen LogP contribution in [0.1, 0.15) is 187 Å². The molecule has 0 amide bonds. The number of carbonyl (C=O) groups is 2. The molecule has 4 heteroatoms. The molecule has 1 atom stereocenters. The van der Waals surface area contributed by atoms with Crippen molar-refractivity contribution in [2.45, 2.75) is 193 Å². The summed E-state index contributed by atoms with van der Waals surface area (Å²) in [5.74, 6) is -0.792. The largest absolute Gasteiger partial charge is 0.481 e. The van der Waals surface area contributed by atoms with Crippen LogP contribution in [-0.2, 0) is 14.3 Å². The highest BCUT2D eigenvalue weighted by Crippen LogP contribution is 2.18. The van der Waals surface area contributed by atoms with Crippen molar-refractivity contribution in [1.82, 2.24) is 0 Å². The predicted molar refractivity (Wildman–Crippen MR) is 190 cm³/mol. The average Bonchev–Trinajstić information content (AvgIpc) is 3.00. The molecule has 0 aromatic rings. The Balaban J connectivity index is 4.00. The third-order valence-corrected chi connectivity index (χ3v) is 8.05. The minimum atomic E-state index is -0.731. The smallest absolute Gasteiger partial charge is 0.306 e. The first-order chi connectivity index (χ1) is 21.6. The zero-order valence-electron chi connectivity index (χ0n) is 29.0. The summed E-state index contributed by atoms with van der Waals surface area (Å²) in [7, 11) is 0. The van der Waals surface area contributed by atoms with Crippen molar-refractivity contribution in [2.24, 2.45) is 0 Å². The van der Waals surface area contributed by atoms with E-state index < -0.39 is 5.97 Å². The van der Waals surface area contributed by atoms with Crippen LogP contribution in [0, 0.1) is 0 Å². The number of carboxylic acids is 1. The SMILES string of the molecule is CCCCC/C=C\C/C=C\C/C=C\C/C=C\CCCCCC(=O)OC(CCCCCCCCCCC)CCCCCC(=O)O. The third-order valence-electron chi connectivity index (χ3n) is 8.05. The van der Waals surface area contributed by atoms with Gasteiger partial charge in [-0.25, -0.2) is 0 Å². The summed E-state index contributed by atoms with van der Waals surface area (Å²) in [5.41, 5.74) is 0. The number of ether oxygens (including phenoxy) is 1. The molecule has 0 saturated carbocycles. The van der Waals surface area contributed by atoms with Gasteiger partial charge in [0.15, 0.2) is 0 Å². The van der Waals surface area contributed by atoms with Gasteiger partial charge in [-0.05, 0) is 83.5 Å². The molecule has 0 bridgehead atoms. The monoisotopic (exact) mass is 615 g/mol. The number of unbranched alkanes of at least 4 members (excludes halogenated alkanes) is 16. The van der Waals surface area contributed by atoms with E-state index in [2.05, 4.69) is 62.5 Å². The molecule has 0 aromatic carbocycles. The predicted octanol–water partition coefficient (Wildman–Crippen LogP) is 12.8. The van der Waals surface area contributed by atoms with Crippen molar-refractivity contribution in [3.05, 3.63) is 48.6 Å². The Hall–Kier alpha value is -2.10. The summed E-state index contributed by atoms with van der Waals surface area (Å²) < 4.78 is 5.90. The molecule has 0 fully saturated rings. The van der Waals surface area contributed by atoms with Crippen molar-refractivity contribution in [3.63, 3.8) is 0 Å². The van der Waals surface area contributed by atoms with Gasteiger partial charge in [-0.2, -0.15) is 0 Å². The summed E-state index contributed by atoms with van der Waals surface area (Å²) in [6.07, 6.45) is 46.9. The molecule has 1 N–H and O–H groups in total. The minimum Gasteiger partial charge on any atom is -0.481 e. The molecule has 4 nitrogen and oxygen atoms in total. The molecule has 0 aliphatic heterocycles. The molecule has 254 valence electrons. The maximum atomic E-state index is 12.5. The number of hydrogen-bond donors (Lipinski definition) is 1. The summed E-state index contributed by atoms with van der Waals surface area (Å²) >= 11 is 0. The van der Waals surface area contributed by atoms with E-state index in [1.807, 2.05) is 0 Å². The first kappa shape index (κ1) is 41.9. The number of carbonyl (C=O) groups excluding carboxylic acids is 1. The van der Waals surface area contributed by atoms with Gasteiger partial charge in [0, 0.05) is 12.8 Å². The topological polar surface area (TPSA) is 63.6 Å². The van der Waals surface area contributed by atoms with E-state index in [0.717, 1.165) is 77.0 Å². The fourth-order valence-corrected chi connectivity index (χ4v) is 5.28. The fraction of sp³-hybridized carbons (Fsp3) is 0.750. The average molecular weight is 615 g/mol.